The van der Waals surface area contributed by atoms with Gasteiger partial charge in [0.2, 0.25) is 5.91 Å². The van der Waals surface area contributed by atoms with Gasteiger partial charge >= 0.3 is 0 Å². The minimum Gasteiger partial charge on any atom is -0.394 e. The number of nitrogens with one attached hydrogen (secondary N) is 1. The van der Waals surface area contributed by atoms with E-state index in [1.165, 1.54) is 199 Å². The minimum atomic E-state index is -0.653. The van der Waals surface area contributed by atoms with Crippen molar-refractivity contribution in [3.63, 3.8) is 0 Å². The van der Waals surface area contributed by atoms with Crippen LogP contribution in [0.25, 0.3) is 0 Å². The topological polar surface area (TPSA) is 69.6 Å². The van der Waals surface area contributed by atoms with E-state index >= 15 is 0 Å². The molecule has 0 aromatic rings. The minimum absolute atomic E-state index is 0.0297. The number of allylic oxidation sites excluding steroid dienone is 2. The van der Waals surface area contributed by atoms with Crippen molar-refractivity contribution in [1.29, 1.82) is 0 Å². The van der Waals surface area contributed by atoms with Crippen LogP contribution < -0.4 is 5.32 Å². The highest BCUT2D eigenvalue weighted by atomic mass is 16.3. The van der Waals surface area contributed by atoms with E-state index in [0.29, 0.717) is 12.8 Å². The lowest BCUT2D eigenvalue weighted by molar-refractivity contribution is -0.123. The van der Waals surface area contributed by atoms with Crippen LogP contribution in [0, 0.1) is 0 Å². The number of amides is 1. The van der Waals surface area contributed by atoms with Gasteiger partial charge in [-0.3, -0.25) is 4.79 Å². The molecule has 49 heavy (non-hydrogen) atoms. The van der Waals surface area contributed by atoms with Gasteiger partial charge in [-0.25, -0.2) is 0 Å². The van der Waals surface area contributed by atoms with Crippen molar-refractivity contribution in [3.8, 4) is 0 Å². The molecule has 0 fully saturated rings. The second-order valence-corrected chi connectivity index (χ2v) is 15.5. The van der Waals surface area contributed by atoms with E-state index in [2.05, 4.69) is 31.3 Å². The van der Waals surface area contributed by atoms with E-state index in [1.54, 1.807) is 0 Å². The highest BCUT2D eigenvalue weighted by Crippen LogP contribution is 2.16. The second kappa shape index (κ2) is 41.5. The molecule has 0 aliphatic carbocycles. The highest BCUT2D eigenvalue weighted by Gasteiger charge is 2.20. The third kappa shape index (κ3) is 38.2. The Balaban J connectivity index is 3.41. The normalized spacial score (nSPS) is 13.0. The van der Waals surface area contributed by atoms with Gasteiger partial charge in [-0.05, 0) is 38.5 Å². The Morgan fingerprint density at radius 1 is 0.469 bits per heavy atom. The molecule has 0 aliphatic heterocycles. The summed E-state index contributed by atoms with van der Waals surface area (Å²) in [7, 11) is 0. The maximum absolute atomic E-state index is 12.4. The van der Waals surface area contributed by atoms with Crippen molar-refractivity contribution in [2.24, 2.45) is 0 Å². The van der Waals surface area contributed by atoms with Crippen molar-refractivity contribution >= 4 is 5.91 Å². The van der Waals surface area contributed by atoms with Crippen LogP contribution in [0.4, 0.5) is 0 Å². The number of hydrogen-bond acceptors (Lipinski definition) is 3. The zero-order valence-corrected chi connectivity index (χ0v) is 33.5. The predicted octanol–water partition coefficient (Wildman–Crippen LogP) is 13.9. The van der Waals surface area contributed by atoms with Crippen molar-refractivity contribution in [3.05, 3.63) is 12.2 Å². The summed E-state index contributed by atoms with van der Waals surface area (Å²) in [6, 6.07) is -0.530. The first-order valence-corrected chi connectivity index (χ1v) is 22.4. The summed E-state index contributed by atoms with van der Waals surface area (Å²) in [5.74, 6) is -0.0297. The Hall–Kier alpha value is -0.870. The number of rotatable bonds is 41. The highest BCUT2D eigenvalue weighted by molar-refractivity contribution is 5.76. The van der Waals surface area contributed by atoms with Crippen LogP contribution in [0.1, 0.15) is 251 Å². The molecule has 0 rings (SSSR count). The van der Waals surface area contributed by atoms with Gasteiger partial charge in [-0.2, -0.15) is 0 Å². The quantitative estimate of drug-likeness (QED) is 0.0441. The first-order valence-electron chi connectivity index (χ1n) is 22.4. The Kier molecular flexibility index (Phi) is 40.8. The molecule has 3 N–H and O–H groups in total. The van der Waals surface area contributed by atoms with Crippen molar-refractivity contribution in [2.45, 2.75) is 264 Å². The molecule has 2 atom stereocenters. The summed E-state index contributed by atoms with van der Waals surface area (Å²) in [5, 5.41) is 23.1. The third-order valence-electron chi connectivity index (χ3n) is 10.5. The molecule has 0 saturated carbocycles. The van der Waals surface area contributed by atoms with E-state index in [4.69, 9.17) is 0 Å². The first kappa shape index (κ1) is 48.1. The molecule has 0 aromatic carbocycles. The Morgan fingerprint density at radius 2 is 0.776 bits per heavy atom. The van der Waals surface area contributed by atoms with Crippen molar-refractivity contribution < 1.29 is 15.0 Å². The van der Waals surface area contributed by atoms with Gasteiger partial charge in [0, 0.05) is 6.42 Å². The number of carbonyl (C=O) groups is 1. The molecule has 4 heteroatoms. The Bertz CT molecular complexity index is 666. The molecule has 0 aliphatic rings. The summed E-state index contributed by atoms with van der Waals surface area (Å²) in [5.41, 5.74) is 0. The zero-order chi connectivity index (χ0) is 35.7. The van der Waals surface area contributed by atoms with Gasteiger partial charge < -0.3 is 15.5 Å². The number of hydrogen-bond donors (Lipinski definition) is 3. The molecule has 0 bridgehead atoms. The number of unbranched alkanes of at least 4 members (excludes halogenated alkanes) is 32. The summed E-state index contributed by atoms with van der Waals surface area (Å²) in [4.78, 5) is 12.4. The fraction of sp³-hybridized carbons (Fsp3) is 0.933. The van der Waals surface area contributed by atoms with Crippen LogP contribution in [0.3, 0.4) is 0 Å². The van der Waals surface area contributed by atoms with Crippen molar-refractivity contribution in [2.75, 3.05) is 6.61 Å². The maximum Gasteiger partial charge on any atom is 0.220 e. The lowest BCUT2D eigenvalue weighted by Gasteiger charge is -2.22. The average Bonchev–Trinajstić information content (AvgIpc) is 3.10. The van der Waals surface area contributed by atoms with E-state index in [1.807, 2.05) is 0 Å². The second-order valence-electron chi connectivity index (χ2n) is 15.5. The summed E-state index contributed by atoms with van der Waals surface area (Å²) < 4.78 is 0. The first-order chi connectivity index (χ1) is 24.2. The molecule has 4 nitrogen and oxygen atoms in total. The molecule has 2 unspecified atom stereocenters. The fourth-order valence-corrected chi connectivity index (χ4v) is 7.06. The lowest BCUT2D eigenvalue weighted by Crippen LogP contribution is -2.45. The van der Waals surface area contributed by atoms with Crippen LogP contribution in [0.5, 0.6) is 0 Å². The van der Waals surface area contributed by atoms with Crippen LogP contribution in [-0.2, 0) is 4.79 Å². The Labute approximate surface area is 307 Å². The Morgan fingerprint density at radius 3 is 1.12 bits per heavy atom. The van der Waals surface area contributed by atoms with Gasteiger partial charge in [0.05, 0.1) is 18.8 Å². The number of carbonyl (C=O) groups excluding carboxylic acids is 1. The predicted molar refractivity (Wildman–Crippen MR) is 216 cm³/mol. The maximum atomic E-state index is 12.4. The standard InChI is InChI=1S/C45H89NO3/c1-3-5-7-9-11-13-15-16-17-18-19-20-21-22-23-24-25-26-27-28-29-30-31-33-35-37-39-41-45(49)46-43(42-47)44(48)40-38-36-34-32-14-12-10-8-6-4-2/h18-19,43-44,47-48H,3-17,20-42H2,1-2H3,(H,46,49)/b19-18-. The number of aliphatic hydroxyl groups excluding tert-OH is 2. The molecule has 0 heterocycles. The molecule has 0 spiro atoms. The SMILES string of the molecule is CCCCCCCCCC/C=C\CCCCCCCCCCCCCCCCCC(=O)NC(CO)C(O)CCCCCCCCCCCC. The van der Waals surface area contributed by atoms with E-state index < -0.39 is 12.1 Å². The summed E-state index contributed by atoms with van der Waals surface area (Å²) in [6.07, 6.45) is 51.6. The molecule has 292 valence electrons. The van der Waals surface area contributed by atoms with E-state index in [-0.39, 0.29) is 12.5 Å². The van der Waals surface area contributed by atoms with Crippen LogP contribution in [0.15, 0.2) is 12.2 Å². The van der Waals surface area contributed by atoms with Gasteiger partial charge in [0.25, 0.3) is 0 Å². The van der Waals surface area contributed by atoms with Gasteiger partial charge in [-0.1, -0.05) is 219 Å². The number of aliphatic hydroxyl groups is 2. The smallest absolute Gasteiger partial charge is 0.220 e. The zero-order valence-electron chi connectivity index (χ0n) is 33.5. The molecule has 1 amide bonds. The molecular formula is C45H89NO3. The lowest BCUT2D eigenvalue weighted by atomic mass is 10.0. The van der Waals surface area contributed by atoms with Gasteiger partial charge in [0.15, 0.2) is 0 Å². The van der Waals surface area contributed by atoms with Gasteiger partial charge in [-0.15, -0.1) is 0 Å². The molecule has 0 aromatic heterocycles. The molecule has 0 radical (unpaired) electrons. The van der Waals surface area contributed by atoms with Crippen LogP contribution in [-0.4, -0.2) is 34.9 Å². The van der Waals surface area contributed by atoms with E-state index in [9.17, 15) is 15.0 Å². The third-order valence-corrected chi connectivity index (χ3v) is 10.5. The van der Waals surface area contributed by atoms with Gasteiger partial charge in [0.1, 0.15) is 0 Å². The summed E-state index contributed by atoms with van der Waals surface area (Å²) in [6.45, 7) is 4.35. The molecule has 0 saturated heterocycles. The van der Waals surface area contributed by atoms with E-state index in [0.717, 1.165) is 25.7 Å². The van der Waals surface area contributed by atoms with Crippen LogP contribution >= 0.6 is 0 Å². The van der Waals surface area contributed by atoms with Crippen molar-refractivity contribution in [1.82, 2.24) is 5.32 Å². The monoisotopic (exact) mass is 692 g/mol. The largest absolute Gasteiger partial charge is 0.394 e. The molecular weight excluding hydrogens is 602 g/mol. The van der Waals surface area contributed by atoms with Crippen LogP contribution in [0.2, 0.25) is 0 Å². The average molecular weight is 692 g/mol. The fourth-order valence-electron chi connectivity index (χ4n) is 7.06. The summed E-state index contributed by atoms with van der Waals surface area (Å²) >= 11 is 0.